The molecule has 0 radical (unpaired) electrons. The second-order valence-electron chi connectivity index (χ2n) is 8.21. The molecule has 1 unspecified atom stereocenters. The van der Waals surface area contributed by atoms with Crippen LogP contribution in [0.1, 0.15) is 98.3 Å². The van der Waals surface area contributed by atoms with Crippen molar-refractivity contribution in [1.29, 1.82) is 0 Å². The highest BCUT2D eigenvalue weighted by molar-refractivity contribution is 5.79. The van der Waals surface area contributed by atoms with E-state index in [1.54, 1.807) is 0 Å². The smallest absolute Gasteiger partial charge is 0.225 e. The summed E-state index contributed by atoms with van der Waals surface area (Å²) >= 11 is 0. The first-order chi connectivity index (χ1) is 10.5. The van der Waals surface area contributed by atoms with Gasteiger partial charge in [-0.2, -0.15) is 0 Å². The van der Waals surface area contributed by atoms with Crippen LogP contribution in [0.25, 0.3) is 0 Å². The predicted molar refractivity (Wildman–Crippen MR) is 96.0 cm³/mol. The van der Waals surface area contributed by atoms with Crippen molar-refractivity contribution >= 4 is 5.91 Å². The maximum atomic E-state index is 12.2. The number of carbonyl (C=O) groups is 1. The summed E-state index contributed by atoms with van der Waals surface area (Å²) < 4.78 is 0. The third-order valence-corrected chi connectivity index (χ3v) is 4.99. The van der Waals surface area contributed by atoms with Gasteiger partial charge in [-0.1, -0.05) is 85.5 Å². The van der Waals surface area contributed by atoms with Gasteiger partial charge in [-0.3, -0.25) is 4.79 Å². The fourth-order valence-electron chi connectivity index (χ4n) is 3.87. The van der Waals surface area contributed by atoms with Crippen molar-refractivity contribution in [2.45, 2.75) is 98.3 Å². The minimum atomic E-state index is 0.215. The molecule has 1 fully saturated rings. The Balaban J connectivity index is 2.03. The van der Waals surface area contributed by atoms with Crippen molar-refractivity contribution < 1.29 is 4.79 Å². The molecule has 0 aromatic rings. The average molecular weight is 310 g/mol. The predicted octanol–water partition coefficient (Wildman–Crippen LogP) is 5.80. The Hall–Kier alpha value is -0.530. The second-order valence-corrected chi connectivity index (χ2v) is 8.21. The van der Waals surface area contributed by atoms with Crippen LogP contribution < -0.4 is 0 Å². The molecule has 2 heteroatoms. The van der Waals surface area contributed by atoms with Crippen molar-refractivity contribution in [2.75, 3.05) is 13.1 Å². The summed E-state index contributed by atoms with van der Waals surface area (Å²) in [6.07, 6.45) is 14.6. The number of carbonyl (C=O) groups excluding carboxylic acids is 1. The minimum Gasteiger partial charge on any atom is -0.342 e. The number of nitrogens with zero attached hydrogens (tertiary/aromatic N) is 1. The third-order valence-electron chi connectivity index (χ3n) is 4.99. The molecule has 0 N–H and O–H groups in total. The van der Waals surface area contributed by atoms with Gasteiger partial charge in [0.05, 0.1) is 0 Å². The molecule has 1 rings (SSSR count). The van der Waals surface area contributed by atoms with Crippen molar-refractivity contribution in [2.24, 2.45) is 11.3 Å². The third kappa shape index (κ3) is 7.65. The Morgan fingerprint density at radius 2 is 1.45 bits per heavy atom. The first-order valence-electron chi connectivity index (χ1n) is 9.75. The Morgan fingerprint density at radius 3 is 2.00 bits per heavy atom. The number of piperidine rings is 1. The zero-order valence-electron chi connectivity index (χ0n) is 15.6. The van der Waals surface area contributed by atoms with E-state index in [4.69, 9.17) is 0 Å². The number of hydrogen-bond acceptors (Lipinski definition) is 1. The van der Waals surface area contributed by atoms with Crippen molar-refractivity contribution in [3.8, 4) is 0 Å². The minimum absolute atomic E-state index is 0.215. The molecular formula is C20H39NO. The molecule has 1 heterocycles. The molecule has 2 nitrogen and oxygen atoms in total. The molecule has 0 saturated carbocycles. The Labute approximate surface area is 139 Å². The number of amides is 1. The van der Waals surface area contributed by atoms with Gasteiger partial charge >= 0.3 is 0 Å². The topological polar surface area (TPSA) is 20.3 Å². The van der Waals surface area contributed by atoms with E-state index in [2.05, 4.69) is 32.6 Å². The van der Waals surface area contributed by atoms with E-state index in [1.807, 2.05) is 0 Å². The second kappa shape index (κ2) is 10.3. The van der Waals surface area contributed by atoms with Gasteiger partial charge in [0.25, 0.3) is 0 Å². The van der Waals surface area contributed by atoms with Gasteiger partial charge in [0, 0.05) is 19.0 Å². The Kier molecular flexibility index (Phi) is 9.12. The van der Waals surface area contributed by atoms with Crippen LogP contribution in [0.15, 0.2) is 0 Å². The first kappa shape index (κ1) is 19.5. The van der Waals surface area contributed by atoms with Crippen LogP contribution in [0.3, 0.4) is 0 Å². The number of rotatable bonds is 11. The highest BCUT2D eigenvalue weighted by atomic mass is 16.2. The lowest BCUT2D eigenvalue weighted by atomic mass is 9.79. The van der Waals surface area contributed by atoms with Crippen LogP contribution in [0.4, 0.5) is 0 Å². The summed E-state index contributed by atoms with van der Waals surface area (Å²) in [5, 5.41) is 0. The summed E-state index contributed by atoms with van der Waals surface area (Å²) in [4.78, 5) is 14.4. The fraction of sp³-hybridized carbons (Fsp3) is 0.950. The highest BCUT2D eigenvalue weighted by Crippen LogP contribution is 2.32. The van der Waals surface area contributed by atoms with E-state index in [9.17, 15) is 4.79 Å². The van der Waals surface area contributed by atoms with E-state index < -0.39 is 0 Å². The summed E-state index contributed by atoms with van der Waals surface area (Å²) in [6, 6.07) is 0. The first-order valence-corrected chi connectivity index (χ1v) is 9.75. The van der Waals surface area contributed by atoms with Gasteiger partial charge < -0.3 is 4.90 Å². The van der Waals surface area contributed by atoms with Gasteiger partial charge in [0.1, 0.15) is 0 Å². The van der Waals surface area contributed by atoms with Gasteiger partial charge in [-0.25, -0.2) is 0 Å². The van der Waals surface area contributed by atoms with E-state index in [0.29, 0.717) is 11.3 Å². The lowest BCUT2D eigenvalue weighted by Crippen LogP contribution is -2.48. The molecule has 1 aliphatic rings. The zero-order chi connectivity index (χ0) is 16.4. The molecule has 1 amide bonds. The van der Waals surface area contributed by atoms with Gasteiger partial charge in [0.15, 0.2) is 0 Å². The molecule has 1 aliphatic heterocycles. The van der Waals surface area contributed by atoms with Gasteiger partial charge in [0.2, 0.25) is 5.91 Å². The molecule has 0 aromatic heterocycles. The standard InChI is InChI=1S/C20H39NO/c1-5-6-7-8-9-10-11-12-13-14-15-21-17-20(3,4)16-18(2)19(21)22/h18H,5-17H2,1-4H3. The maximum Gasteiger partial charge on any atom is 0.225 e. The monoisotopic (exact) mass is 309 g/mol. The summed E-state index contributed by atoms with van der Waals surface area (Å²) in [5.41, 5.74) is 0.297. The van der Waals surface area contributed by atoms with Gasteiger partial charge in [-0.15, -0.1) is 0 Å². The molecule has 0 spiro atoms. The molecule has 0 bridgehead atoms. The molecule has 0 aromatic carbocycles. The summed E-state index contributed by atoms with van der Waals surface area (Å²) in [7, 11) is 0. The van der Waals surface area contributed by atoms with Crippen molar-refractivity contribution in [1.82, 2.24) is 4.90 Å². The van der Waals surface area contributed by atoms with Crippen molar-refractivity contribution in [3.63, 3.8) is 0 Å². The molecular weight excluding hydrogens is 270 g/mol. The fourth-order valence-corrected chi connectivity index (χ4v) is 3.87. The summed E-state index contributed by atoms with van der Waals surface area (Å²) in [5.74, 6) is 0.599. The van der Waals surface area contributed by atoms with Crippen LogP contribution in [0, 0.1) is 11.3 Å². The number of likely N-dealkylation sites (tertiary alicyclic amines) is 1. The lowest BCUT2D eigenvalue weighted by Gasteiger charge is -2.41. The van der Waals surface area contributed by atoms with Gasteiger partial charge in [-0.05, 0) is 18.3 Å². The number of hydrogen-bond donors (Lipinski definition) is 0. The van der Waals surface area contributed by atoms with E-state index in [-0.39, 0.29) is 5.92 Å². The molecule has 130 valence electrons. The highest BCUT2D eigenvalue weighted by Gasteiger charge is 2.35. The molecule has 1 saturated heterocycles. The zero-order valence-corrected chi connectivity index (χ0v) is 15.6. The van der Waals surface area contributed by atoms with Crippen molar-refractivity contribution in [3.05, 3.63) is 0 Å². The van der Waals surface area contributed by atoms with E-state index in [0.717, 1.165) is 19.5 Å². The van der Waals surface area contributed by atoms with Crippen LogP contribution in [0.5, 0.6) is 0 Å². The van der Waals surface area contributed by atoms with E-state index in [1.165, 1.54) is 64.2 Å². The largest absolute Gasteiger partial charge is 0.342 e. The maximum absolute atomic E-state index is 12.2. The normalized spacial score (nSPS) is 21.4. The van der Waals surface area contributed by atoms with Crippen LogP contribution in [-0.4, -0.2) is 23.9 Å². The quantitative estimate of drug-likeness (QED) is 0.441. The number of unbranched alkanes of at least 4 members (excludes halogenated alkanes) is 9. The Morgan fingerprint density at radius 1 is 0.955 bits per heavy atom. The lowest BCUT2D eigenvalue weighted by molar-refractivity contribution is -0.142. The van der Waals surface area contributed by atoms with Crippen LogP contribution >= 0.6 is 0 Å². The summed E-state index contributed by atoms with van der Waals surface area (Å²) in [6.45, 7) is 10.9. The molecule has 0 aliphatic carbocycles. The van der Waals surface area contributed by atoms with Crippen LogP contribution in [-0.2, 0) is 4.79 Å². The average Bonchev–Trinajstić information content (AvgIpc) is 2.45. The van der Waals surface area contributed by atoms with E-state index >= 15 is 0 Å². The molecule has 22 heavy (non-hydrogen) atoms. The SMILES string of the molecule is CCCCCCCCCCCCN1CC(C)(C)CC(C)C1=O. The van der Waals surface area contributed by atoms with Crippen LogP contribution in [0.2, 0.25) is 0 Å². The Bertz CT molecular complexity index is 311. The molecule has 1 atom stereocenters.